The molecule has 30 heavy (non-hydrogen) atoms. The minimum Gasteiger partial charge on any atom is -0.338 e. The van der Waals surface area contributed by atoms with Gasteiger partial charge in [-0.05, 0) is 105 Å². The zero-order valence-corrected chi connectivity index (χ0v) is 18.7. The number of pyridine rings is 1. The maximum atomic E-state index is 12.9. The van der Waals surface area contributed by atoms with E-state index in [0.717, 1.165) is 63.3 Å². The summed E-state index contributed by atoms with van der Waals surface area (Å²) in [6, 6.07) is 4.22. The van der Waals surface area contributed by atoms with Crippen LogP contribution >= 0.6 is 0 Å². The molecule has 0 radical (unpaired) electrons. The molecule has 5 heteroatoms. The molecular weight excluding hydrogens is 372 g/mol. The Kier molecular flexibility index (Phi) is 7.29. The molecule has 1 aromatic rings. The highest BCUT2D eigenvalue weighted by molar-refractivity contribution is 5.74. The third kappa shape index (κ3) is 5.54. The molecule has 5 rings (SSSR count). The largest absolute Gasteiger partial charge is 0.338 e. The lowest BCUT2D eigenvalue weighted by atomic mass is 9.49. The molecule has 1 aromatic heterocycles. The van der Waals surface area contributed by atoms with Crippen molar-refractivity contribution in [3.63, 3.8) is 0 Å². The average Bonchev–Trinajstić information content (AvgIpc) is 2.73. The fourth-order valence-corrected chi connectivity index (χ4v) is 6.82. The number of aromatic nitrogens is 1. The molecule has 0 saturated heterocycles. The van der Waals surface area contributed by atoms with Crippen molar-refractivity contribution in [2.24, 2.45) is 23.2 Å². The number of carbonyl (C=O) groups excluding carboxylic acids is 1. The predicted octanol–water partition coefficient (Wildman–Crippen LogP) is 4.24. The van der Waals surface area contributed by atoms with E-state index < -0.39 is 0 Å². The number of aryl methyl sites for hydroxylation is 1. The highest BCUT2D eigenvalue weighted by atomic mass is 16.2. The van der Waals surface area contributed by atoms with E-state index in [1.54, 1.807) is 0 Å². The summed E-state index contributed by atoms with van der Waals surface area (Å²) >= 11 is 0. The lowest BCUT2D eigenvalue weighted by Gasteiger charge is -2.57. The van der Waals surface area contributed by atoms with Crippen molar-refractivity contribution in [3.05, 3.63) is 30.1 Å². The normalized spacial score (nSPS) is 29.2. The Balaban J connectivity index is 1.26. The van der Waals surface area contributed by atoms with Crippen LogP contribution in [0.2, 0.25) is 0 Å². The van der Waals surface area contributed by atoms with Crippen LogP contribution in [0.1, 0.15) is 63.9 Å². The topological polar surface area (TPSA) is 57.3 Å². The third-order valence-electron chi connectivity index (χ3n) is 7.84. The first-order valence-corrected chi connectivity index (χ1v) is 12.3. The molecule has 2 N–H and O–H groups in total. The first-order chi connectivity index (χ1) is 14.7. The van der Waals surface area contributed by atoms with E-state index in [1.165, 1.54) is 50.5 Å². The van der Waals surface area contributed by atoms with E-state index in [0.29, 0.717) is 5.41 Å². The fraction of sp³-hybridized carbons (Fsp3) is 0.760. The molecule has 4 aliphatic rings. The zero-order chi connectivity index (χ0) is 20.8. The van der Waals surface area contributed by atoms with Gasteiger partial charge < -0.3 is 15.5 Å². The molecule has 0 unspecified atom stereocenters. The summed E-state index contributed by atoms with van der Waals surface area (Å²) in [5.41, 5.74) is 1.82. The van der Waals surface area contributed by atoms with Gasteiger partial charge in [0.1, 0.15) is 0 Å². The Morgan fingerprint density at radius 1 is 1.07 bits per heavy atom. The highest BCUT2D eigenvalue weighted by Crippen LogP contribution is 2.61. The lowest BCUT2D eigenvalue weighted by molar-refractivity contribution is -0.0595. The molecule has 166 valence electrons. The van der Waals surface area contributed by atoms with Crippen molar-refractivity contribution in [1.29, 1.82) is 0 Å². The molecule has 4 bridgehead atoms. The fourth-order valence-electron chi connectivity index (χ4n) is 6.82. The average molecular weight is 413 g/mol. The van der Waals surface area contributed by atoms with E-state index in [4.69, 9.17) is 0 Å². The van der Waals surface area contributed by atoms with Crippen LogP contribution < -0.4 is 10.6 Å². The van der Waals surface area contributed by atoms with Crippen LogP contribution in [0.4, 0.5) is 4.79 Å². The zero-order valence-electron chi connectivity index (χ0n) is 18.7. The summed E-state index contributed by atoms with van der Waals surface area (Å²) in [7, 11) is 0. The molecule has 0 spiro atoms. The summed E-state index contributed by atoms with van der Waals surface area (Å²) in [4.78, 5) is 19.1. The third-order valence-corrected chi connectivity index (χ3v) is 7.84. The van der Waals surface area contributed by atoms with Gasteiger partial charge in [0, 0.05) is 38.6 Å². The van der Waals surface area contributed by atoms with Crippen molar-refractivity contribution in [3.8, 4) is 0 Å². The number of carbonyl (C=O) groups is 1. The van der Waals surface area contributed by atoms with Crippen LogP contribution in [0.25, 0.3) is 0 Å². The van der Waals surface area contributed by atoms with Crippen molar-refractivity contribution < 1.29 is 4.79 Å². The second-order valence-corrected chi connectivity index (χ2v) is 10.2. The van der Waals surface area contributed by atoms with Gasteiger partial charge in [0.2, 0.25) is 0 Å². The number of hydrogen-bond donors (Lipinski definition) is 2. The van der Waals surface area contributed by atoms with Gasteiger partial charge in [-0.3, -0.25) is 4.98 Å². The molecule has 4 saturated carbocycles. The molecular formula is C25H40N4O. The minimum absolute atomic E-state index is 0.118. The molecule has 4 aliphatic carbocycles. The second-order valence-electron chi connectivity index (χ2n) is 10.2. The van der Waals surface area contributed by atoms with Crippen LogP contribution in [0, 0.1) is 23.2 Å². The number of amides is 2. The molecule has 1 heterocycles. The predicted molar refractivity (Wildman–Crippen MR) is 121 cm³/mol. The number of likely N-dealkylation sites (N-methyl/N-ethyl adjacent to an activating group) is 1. The summed E-state index contributed by atoms with van der Waals surface area (Å²) < 4.78 is 0. The quantitative estimate of drug-likeness (QED) is 0.535. The van der Waals surface area contributed by atoms with Gasteiger partial charge in [0.25, 0.3) is 0 Å². The maximum absolute atomic E-state index is 12.9. The molecule has 2 amide bonds. The van der Waals surface area contributed by atoms with Crippen molar-refractivity contribution in [2.75, 3.05) is 32.7 Å². The SMILES string of the molecule is CCNCCN(CCC12CC3CC(CC(C3)C1)C2)C(=O)NCCCc1ccncc1. The monoisotopic (exact) mass is 412 g/mol. The van der Waals surface area contributed by atoms with E-state index in [2.05, 4.69) is 39.6 Å². The maximum Gasteiger partial charge on any atom is 0.317 e. The first-order valence-electron chi connectivity index (χ1n) is 12.3. The summed E-state index contributed by atoms with van der Waals surface area (Å²) in [6.45, 7) is 6.40. The molecule has 0 aromatic carbocycles. The first kappa shape index (κ1) is 21.6. The number of hydrogen-bond acceptors (Lipinski definition) is 3. The standard InChI is InChI=1S/C25H40N4O/c1-2-26-11-13-29(24(30)28-8-3-4-20-5-9-27-10-6-20)12-7-25-17-21-14-22(18-25)16-23(15-21)19-25/h5-6,9-10,21-23,26H,2-4,7-8,11-19H2,1H3,(H,28,30). The van der Waals surface area contributed by atoms with Gasteiger partial charge in [-0.15, -0.1) is 0 Å². The van der Waals surface area contributed by atoms with E-state index in [9.17, 15) is 4.79 Å². The van der Waals surface area contributed by atoms with Crippen molar-refractivity contribution in [1.82, 2.24) is 20.5 Å². The molecule has 4 fully saturated rings. The molecule has 0 atom stereocenters. The van der Waals surface area contributed by atoms with Crippen LogP contribution in [0.3, 0.4) is 0 Å². The summed E-state index contributed by atoms with van der Waals surface area (Å²) in [5.74, 6) is 2.94. The second kappa shape index (κ2) is 10.1. The van der Waals surface area contributed by atoms with E-state index in [-0.39, 0.29) is 6.03 Å². The Labute approximate surface area is 182 Å². The van der Waals surface area contributed by atoms with Gasteiger partial charge in [-0.1, -0.05) is 6.92 Å². The Morgan fingerprint density at radius 2 is 1.73 bits per heavy atom. The van der Waals surface area contributed by atoms with Crippen molar-refractivity contribution >= 4 is 6.03 Å². The van der Waals surface area contributed by atoms with Gasteiger partial charge in [-0.2, -0.15) is 0 Å². The number of urea groups is 1. The van der Waals surface area contributed by atoms with Crippen LogP contribution in [0.5, 0.6) is 0 Å². The van der Waals surface area contributed by atoms with Crippen LogP contribution in [-0.4, -0.2) is 48.6 Å². The minimum atomic E-state index is 0.118. The summed E-state index contributed by atoms with van der Waals surface area (Å²) in [6.07, 6.45) is 15.5. The van der Waals surface area contributed by atoms with E-state index >= 15 is 0 Å². The van der Waals surface area contributed by atoms with Crippen LogP contribution in [0.15, 0.2) is 24.5 Å². The highest BCUT2D eigenvalue weighted by Gasteiger charge is 2.50. The van der Waals surface area contributed by atoms with Crippen LogP contribution in [-0.2, 0) is 6.42 Å². The summed E-state index contributed by atoms with van der Waals surface area (Å²) in [5, 5.41) is 6.57. The smallest absolute Gasteiger partial charge is 0.317 e. The van der Waals surface area contributed by atoms with Gasteiger partial charge >= 0.3 is 6.03 Å². The number of nitrogens with one attached hydrogen (secondary N) is 2. The molecule has 0 aliphatic heterocycles. The Bertz CT molecular complexity index is 642. The lowest BCUT2D eigenvalue weighted by Crippen LogP contribution is -2.49. The van der Waals surface area contributed by atoms with Gasteiger partial charge in [0.05, 0.1) is 0 Å². The molecule has 5 nitrogen and oxygen atoms in total. The Morgan fingerprint density at radius 3 is 2.37 bits per heavy atom. The Hall–Kier alpha value is -1.62. The van der Waals surface area contributed by atoms with Gasteiger partial charge in [0.15, 0.2) is 0 Å². The van der Waals surface area contributed by atoms with Gasteiger partial charge in [-0.25, -0.2) is 4.79 Å². The van der Waals surface area contributed by atoms with E-state index in [1.807, 2.05) is 12.4 Å². The number of nitrogens with zero attached hydrogens (tertiary/aromatic N) is 2. The van der Waals surface area contributed by atoms with Crippen molar-refractivity contribution in [2.45, 2.75) is 64.7 Å². The number of rotatable bonds is 11.